The first-order valence-corrected chi connectivity index (χ1v) is 8.11. The van der Waals surface area contributed by atoms with Crippen LogP contribution in [0.15, 0.2) is 12.3 Å². The van der Waals surface area contributed by atoms with Crippen molar-refractivity contribution in [1.29, 1.82) is 0 Å². The molecule has 7 heteroatoms. The van der Waals surface area contributed by atoms with Crippen molar-refractivity contribution in [3.8, 4) is 0 Å². The zero-order valence-electron chi connectivity index (χ0n) is 14.1. The van der Waals surface area contributed by atoms with Crippen LogP contribution in [0.5, 0.6) is 0 Å². The molecule has 1 aliphatic heterocycles. The molecule has 7 nitrogen and oxygen atoms in total. The first kappa shape index (κ1) is 15.9. The fourth-order valence-corrected chi connectivity index (χ4v) is 2.81. The second kappa shape index (κ2) is 5.88. The summed E-state index contributed by atoms with van der Waals surface area (Å²) in [5, 5.41) is 21.3. The van der Waals surface area contributed by atoms with E-state index in [1.165, 1.54) is 0 Å². The standard InChI is InChI=1S/C16H24N6O/c1-10(2)12-7-14(19-15(18-12)11(3)4)22-6-5-16(23,9-22)13-8-17-21-20-13/h7-8,10-11,23H,5-6,9H2,1-4H3,(H,17,20,21). The molecule has 1 unspecified atom stereocenters. The van der Waals surface area contributed by atoms with E-state index in [0.717, 1.165) is 23.9 Å². The van der Waals surface area contributed by atoms with E-state index >= 15 is 0 Å². The Labute approximate surface area is 136 Å². The summed E-state index contributed by atoms with van der Waals surface area (Å²) in [6.45, 7) is 9.65. The molecule has 23 heavy (non-hydrogen) atoms. The van der Waals surface area contributed by atoms with Gasteiger partial charge in [0.15, 0.2) is 0 Å². The first-order chi connectivity index (χ1) is 10.9. The van der Waals surface area contributed by atoms with Gasteiger partial charge in [0.25, 0.3) is 0 Å². The summed E-state index contributed by atoms with van der Waals surface area (Å²) in [6.07, 6.45) is 2.19. The molecule has 0 amide bonds. The van der Waals surface area contributed by atoms with Gasteiger partial charge in [-0.1, -0.05) is 27.7 Å². The topological polar surface area (TPSA) is 90.8 Å². The number of nitrogens with one attached hydrogen (secondary N) is 1. The van der Waals surface area contributed by atoms with Gasteiger partial charge in [-0.2, -0.15) is 15.4 Å². The highest BCUT2D eigenvalue weighted by Crippen LogP contribution is 2.33. The molecule has 124 valence electrons. The molecule has 3 rings (SSSR count). The summed E-state index contributed by atoms with van der Waals surface area (Å²) in [6, 6.07) is 2.03. The number of aromatic nitrogens is 5. The molecule has 0 aliphatic carbocycles. The second-order valence-corrected chi connectivity index (χ2v) is 6.88. The molecule has 0 aromatic carbocycles. The summed E-state index contributed by atoms with van der Waals surface area (Å²) < 4.78 is 0. The van der Waals surface area contributed by atoms with E-state index in [-0.39, 0.29) is 5.92 Å². The SMILES string of the molecule is CC(C)c1cc(N2CCC(O)(c3cn[nH]n3)C2)nc(C(C)C)n1. The van der Waals surface area contributed by atoms with Crippen molar-refractivity contribution in [2.75, 3.05) is 18.0 Å². The van der Waals surface area contributed by atoms with Gasteiger partial charge in [-0.15, -0.1) is 0 Å². The molecule has 0 bridgehead atoms. The van der Waals surface area contributed by atoms with Crippen LogP contribution in [-0.2, 0) is 5.60 Å². The number of rotatable bonds is 4. The minimum absolute atomic E-state index is 0.268. The van der Waals surface area contributed by atoms with Crippen LogP contribution in [-0.4, -0.2) is 43.6 Å². The lowest BCUT2D eigenvalue weighted by Crippen LogP contribution is -2.31. The fourth-order valence-electron chi connectivity index (χ4n) is 2.81. The predicted molar refractivity (Wildman–Crippen MR) is 87.3 cm³/mol. The summed E-state index contributed by atoms with van der Waals surface area (Å²) in [5.41, 5.74) is 0.645. The van der Waals surface area contributed by atoms with Crippen molar-refractivity contribution in [2.45, 2.75) is 51.6 Å². The van der Waals surface area contributed by atoms with Crippen LogP contribution >= 0.6 is 0 Å². The van der Waals surface area contributed by atoms with Crippen molar-refractivity contribution in [1.82, 2.24) is 25.4 Å². The molecule has 1 atom stereocenters. The smallest absolute Gasteiger partial charge is 0.133 e. The molecular formula is C16H24N6O. The zero-order chi connectivity index (χ0) is 16.6. The number of aromatic amines is 1. The quantitative estimate of drug-likeness (QED) is 0.896. The minimum Gasteiger partial charge on any atom is -0.381 e. The summed E-state index contributed by atoms with van der Waals surface area (Å²) in [7, 11) is 0. The zero-order valence-corrected chi connectivity index (χ0v) is 14.1. The lowest BCUT2D eigenvalue weighted by molar-refractivity contribution is 0.0559. The van der Waals surface area contributed by atoms with Crippen molar-refractivity contribution in [3.05, 3.63) is 29.5 Å². The maximum atomic E-state index is 10.8. The van der Waals surface area contributed by atoms with Gasteiger partial charge in [-0.05, 0) is 5.92 Å². The lowest BCUT2D eigenvalue weighted by Gasteiger charge is -2.23. The normalized spacial score (nSPS) is 21.6. The molecule has 2 N–H and O–H groups in total. The van der Waals surface area contributed by atoms with Crippen molar-refractivity contribution in [3.63, 3.8) is 0 Å². The van der Waals surface area contributed by atoms with E-state index in [1.807, 2.05) is 6.07 Å². The minimum atomic E-state index is -0.978. The number of H-pyrrole nitrogens is 1. The summed E-state index contributed by atoms with van der Waals surface area (Å²) in [4.78, 5) is 11.5. The summed E-state index contributed by atoms with van der Waals surface area (Å²) >= 11 is 0. The maximum absolute atomic E-state index is 10.8. The Kier molecular flexibility index (Phi) is 4.06. The Bertz CT molecular complexity index is 643. The first-order valence-electron chi connectivity index (χ1n) is 8.11. The molecule has 1 fully saturated rings. The average Bonchev–Trinajstić information content (AvgIpc) is 3.17. The van der Waals surface area contributed by atoms with Crippen LogP contribution in [0.25, 0.3) is 0 Å². The molecular weight excluding hydrogens is 292 g/mol. The third kappa shape index (κ3) is 3.06. The number of aliphatic hydroxyl groups is 1. The van der Waals surface area contributed by atoms with Gasteiger partial charge in [0, 0.05) is 30.6 Å². The van der Waals surface area contributed by atoms with Crippen molar-refractivity contribution < 1.29 is 5.11 Å². The third-order valence-corrected chi connectivity index (χ3v) is 4.32. The summed E-state index contributed by atoms with van der Waals surface area (Å²) in [5.74, 6) is 2.34. The Morgan fingerprint density at radius 3 is 2.61 bits per heavy atom. The van der Waals surface area contributed by atoms with E-state index < -0.39 is 5.60 Å². The molecule has 0 spiro atoms. The second-order valence-electron chi connectivity index (χ2n) is 6.88. The van der Waals surface area contributed by atoms with Crippen LogP contribution in [0.4, 0.5) is 5.82 Å². The van der Waals surface area contributed by atoms with Gasteiger partial charge in [-0.3, -0.25) is 0 Å². The van der Waals surface area contributed by atoms with Gasteiger partial charge in [0.2, 0.25) is 0 Å². The van der Waals surface area contributed by atoms with E-state index in [1.54, 1.807) is 6.20 Å². The van der Waals surface area contributed by atoms with Crippen LogP contribution in [0.1, 0.15) is 63.2 Å². The van der Waals surface area contributed by atoms with Gasteiger partial charge in [0.1, 0.15) is 22.9 Å². The predicted octanol–water partition coefficient (Wildman–Crippen LogP) is 1.94. The van der Waals surface area contributed by atoms with Gasteiger partial charge >= 0.3 is 0 Å². The Morgan fingerprint density at radius 2 is 2.00 bits per heavy atom. The molecule has 2 aromatic rings. The lowest BCUT2D eigenvalue weighted by atomic mass is 10.00. The molecule has 0 saturated carbocycles. The highest BCUT2D eigenvalue weighted by molar-refractivity contribution is 5.43. The molecule has 0 radical (unpaired) electrons. The molecule has 1 aliphatic rings. The van der Waals surface area contributed by atoms with Gasteiger partial charge in [-0.25, -0.2) is 9.97 Å². The Hall–Kier alpha value is -2.02. The third-order valence-electron chi connectivity index (χ3n) is 4.32. The average molecular weight is 316 g/mol. The van der Waals surface area contributed by atoms with Crippen LogP contribution in [0.2, 0.25) is 0 Å². The molecule has 2 aromatic heterocycles. The van der Waals surface area contributed by atoms with E-state index in [9.17, 15) is 5.11 Å². The number of hydrogen-bond donors (Lipinski definition) is 2. The fraction of sp³-hybridized carbons (Fsp3) is 0.625. The van der Waals surface area contributed by atoms with Gasteiger partial charge in [0.05, 0.1) is 12.7 Å². The highest BCUT2D eigenvalue weighted by Gasteiger charge is 2.40. The molecule has 1 saturated heterocycles. The monoisotopic (exact) mass is 316 g/mol. The number of β-amino-alcohol motifs (C(OH)–C–C–N with tert-alkyl or cyclic N) is 1. The van der Waals surface area contributed by atoms with Crippen LogP contribution < -0.4 is 4.90 Å². The van der Waals surface area contributed by atoms with E-state index in [4.69, 9.17) is 4.98 Å². The number of hydrogen-bond acceptors (Lipinski definition) is 6. The largest absolute Gasteiger partial charge is 0.381 e. The highest BCUT2D eigenvalue weighted by atomic mass is 16.3. The van der Waals surface area contributed by atoms with Crippen LogP contribution in [0.3, 0.4) is 0 Å². The number of anilines is 1. The van der Waals surface area contributed by atoms with E-state index in [2.05, 4.69) is 53.0 Å². The Morgan fingerprint density at radius 1 is 1.22 bits per heavy atom. The Balaban J connectivity index is 1.90. The number of nitrogens with zero attached hydrogens (tertiary/aromatic N) is 5. The van der Waals surface area contributed by atoms with Crippen molar-refractivity contribution in [2.24, 2.45) is 0 Å². The van der Waals surface area contributed by atoms with Crippen molar-refractivity contribution >= 4 is 5.82 Å². The van der Waals surface area contributed by atoms with E-state index in [0.29, 0.717) is 24.6 Å². The van der Waals surface area contributed by atoms with Gasteiger partial charge < -0.3 is 10.0 Å². The maximum Gasteiger partial charge on any atom is 0.133 e. The molecule has 3 heterocycles. The van der Waals surface area contributed by atoms with Crippen LogP contribution in [0, 0.1) is 0 Å².